The molecule has 112 valence electrons. The Morgan fingerprint density at radius 3 is 2.81 bits per heavy atom. The second-order valence-corrected chi connectivity index (χ2v) is 4.43. The molecule has 0 fully saturated rings. The first-order valence-corrected chi connectivity index (χ1v) is 6.51. The number of aliphatic carboxylic acids is 1. The van der Waals surface area contributed by atoms with Gasteiger partial charge in [-0.3, -0.25) is 4.79 Å². The van der Waals surface area contributed by atoms with Crippen LogP contribution in [0, 0.1) is 0 Å². The Morgan fingerprint density at radius 1 is 1.38 bits per heavy atom. The monoisotopic (exact) mass is 291 g/mol. The van der Waals surface area contributed by atoms with E-state index in [1.165, 1.54) is 0 Å². The number of hydrogen-bond acceptors (Lipinski definition) is 6. The molecule has 0 aliphatic carbocycles. The molecule has 0 aliphatic heterocycles. The van der Waals surface area contributed by atoms with Gasteiger partial charge in [0.2, 0.25) is 5.89 Å². The summed E-state index contributed by atoms with van der Waals surface area (Å²) in [5.41, 5.74) is 0.788. The second kappa shape index (κ2) is 7.39. The lowest BCUT2D eigenvalue weighted by Crippen LogP contribution is -2.29. The summed E-state index contributed by atoms with van der Waals surface area (Å²) >= 11 is 0. The van der Waals surface area contributed by atoms with Crippen LogP contribution in [0.5, 0.6) is 0 Å². The quantitative estimate of drug-likeness (QED) is 0.785. The number of methoxy groups -OCH3 is 1. The van der Waals surface area contributed by atoms with E-state index in [0.717, 1.165) is 5.69 Å². The molecule has 0 unspecified atom stereocenters. The number of nitrogens with zero attached hydrogens (tertiary/aromatic N) is 3. The van der Waals surface area contributed by atoms with Crippen LogP contribution in [0.15, 0.2) is 34.9 Å². The van der Waals surface area contributed by atoms with Crippen molar-refractivity contribution in [3.63, 3.8) is 0 Å². The van der Waals surface area contributed by atoms with Crippen molar-refractivity contribution in [3.8, 4) is 0 Å². The first kappa shape index (κ1) is 15.0. The van der Waals surface area contributed by atoms with Gasteiger partial charge in [-0.2, -0.15) is 4.98 Å². The number of hydrogen-bond donors (Lipinski definition) is 1. The Labute approximate surface area is 122 Å². The minimum absolute atomic E-state index is 0.139. The fourth-order valence-electron chi connectivity index (χ4n) is 1.85. The molecule has 0 saturated carbocycles. The standard InChI is InChI=1S/C14H17N3O4/c1-20-8-7-12-15-13(21-16-12)9-17(10-14(18)19)11-5-3-2-4-6-11/h2-6H,7-10H2,1H3,(H,18,19). The summed E-state index contributed by atoms with van der Waals surface area (Å²) in [6, 6.07) is 9.25. The second-order valence-electron chi connectivity index (χ2n) is 4.43. The SMILES string of the molecule is COCCc1noc(CN(CC(=O)O)c2ccccc2)n1. The third kappa shape index (κ3) is 4.57. The lowest BCUT2D eigenvalue weighted by atomic mass is 10.3. The van der Waals surface area contributed by atoms with Gasteiger partial charge in [-0.15, -0.1) is 0 Å². The van der Waals surface area contributed by atoms with E-state index in [1.807, 2.05) is 30.3 Å². The van der Waals surface area contributed by atoms with E-state index in [9.17, 15) is 4.79 Å². The van der Waals surface area contributed by atoms with E-state index in [0.29, 0.717) is 24.7 Å². The highest BCUT2D eigenvalue weighted by Gasteiger charge is 2.15. The van der Waals surface area contributed by atoms with Crippen LogP contribution in [0.2, 0.25) is 0 Å². The van der Waals surface area contributed by atoms with Crippen LogP contribution in [0.3, 0.4) is 0 Å². The van der Waals surface area contributed by atoms with Crippen LogP contribution in [0.25, 0.3) is 0 Å². The predicted molar refractivity (Wildman–Crippen MR) is 75.0 cm³/mol. The Hall–Kier alpha value is -2.41. The minimum atomic E-state index is -0.919. The van der Waals surface area contributed by atoms with Crippen LogP contribution >= 0.6 is 0 Å². The zero-order valence-electron chi connectivity index (χ0n) is 11.7. The maximum absolute atomic E-state index is 11.0. The third-order valence-corrected chi connectivity index (χ3v) is 2.81. The molecule has 0 atom stereocenters. The number of anilines is 1. The number of aromatic nitrogens is 2. The third-order valence-electron chi connectivity index (χ3n) is 2.81. The van der Waals surface area contributed by atoms with Gasteiger partial charge in [0.05, 0.1) is 13.2 Å². The topological polar surface area (TPSA) is 88.7 Å². The summed E-state index contributed by atoms with van der Waals surface area (Å²) in [7, 11) is 1.60. The lowest BCUT2D eigenvalue weighted by Gasteiger charge is -2.20. The molecule has 2 rings (SSSR count). The van der Waals surface area contributed by atoms with Crippen LogP contribution in [0.4, 0.5) is 5.69 Å². The Balaban J connectivity index is 2.08. The Kier molecular flexibility index (Phi) is 5.28. The molecule has 0 amide bonds. The van der Waals surface area contributed by atoms with Crippen LogP contribution < -0.4 is 4.90 Å². The molecule has 0 saturated heterocycles. The van der Waals surface area contributed by atoms with E-state index >= 15 is 0 Å². The van der Waals surface area contributed by atoms with E-state index in [2.05, 4.69) is 10.1 Å². The maximum atomic E-state index is 11.0. The fraction of sp³-hybridized carbons (Fsp3) is 0.357. The molecule has 0 aliphatic rings. The van der Waals surface area contributed by atoms with Gasteiger partial charge in [-0.05, 0) is 12.1 Å². The molecule has 2 aromatic rings. The number of rotatable bonds is 8. The van der Waals surface area contributed by atoms with Gasteiger partial charge in [0.25, 0.3) is 0 Å². The summed E-state index contributed by atoms with van der Waals surface area (Å²) in [5, 5.41) is 12.9. The molecule has 1 aromatic heterocycles. The highest BCUT2D eigenvalue weighted by Crippen LogP contribution is 2.15. The average molecular weight is 291 g/mol. The van der Waals surface area contributed by atoms with E-state index < -0.39 is 5.97 Å². The van der Waals surface area contributed by atoms with E-state index in [-0.39, 0.29) is 13.1 Å². The van der Waals surface area contributed by atoms with Gasteiger partial charge >= 0.3 is 5.97 Å². The maximum Gasteiger partial charge on any atom is 0.323 e. The van der Waals surface area contributed by atoms with Gasteiger partial charge in [-0.25, -0.2) is 0 Å². The van der Waals surface area contributed by atoms with Crippen molar-refractivity contribution in [2.45, 2.75) is 13.0 Å². The van der Waals surface area contributed by atoms with Crippen molar-refractivity contribution in [1.29, 1.82) is 0 Å². The highest BCUT2D eigenvalue weighted by molar-refractivity contribution is 5.73. The molecule has 7 heteroatoms. The average Bonchev–Trinajstić information content (AvgIpc) is 2.92. The van der Waals surface area contributed by atoms with E-state index in [1.54, 1.807) is 12.0 Å². The number of carboxylic acids is 1. The molecule has 1 N–H and O–H groups in total. The van der Waals surface area contributed by atoms with Crippen LogP contribution in [-0.2, 0) is 22.5 Å². The Morgan fingerprint density at radius 2 is 2.14 bits per heavy atom. The molecule has 1 heterocycles. The van der Waals surface area contributed by atoms with Crippen molar-refractivity contribution in [3.05, 3.63) is 42.0 Å². The number of para-hydroxylation sites is 1. The zero-order chi connectivity index (χ0) is 15.1. The molecule has 0 bridgehead atoms. The number of carboxylic acid groups (broad SMARTS) is 1. The summed E-state index contributed by atoms with van der Waals surface area (Å²) in [4.78, 5) is 16.9. The van der Waals surface area contributed by atoms with Gasteiger partial charge in [0.15, 0.2) is 5.82 Å². The Bertz CT molecular complexity index is 571. The molecule has 21 heavy (non-hydrogen) atoms. The first-order valence-electron chi connectivity index (χ1n) is 6.51. The highest BCUT2D eigenvalue weighted by atomic mass is 16.5. The van der Waals surface area contributed by atoms with Gasteiger partial charge in [0.1, 0.15) is 6.54 Å². The molecule has 7 nitrogen and oxygen atoms in total. The smallest absolute Gasteiger partial charge is 0.323 e. The van der Waals surface area contributed by atoms with Crippen LogP contribution in [0.1, 0.15) is 11.7 Å². The van der Waals surface area contributed by atoms with Gasteiger partial charge in [0, 0.05) is 19.2 Å². The minimum Gasteiger partial charge on any atom is -0.480 e. The van der Waals surface area contributed by atoms with Gasteiger partial charge < -0.3 is 19.3 Å². The first-order chi connectivity index (χ1) is 10.2. The fourth-order valence-corrected chi connectivity index (χ4v) is 1.85. The molecular formula is C14H17N3O4. The lowest BCUT2D eigenvalue weighted by molar-refractivity contribution is -0.135. The van der Waals surface area contributed by atoms with Crippen molar-refractivity contribution < 1.29 is 19.2 Å². The summed E-state index contributed by atoms with van der Waals surface area (Å²) in [6.07, 6.45) is 0.560. The predicted octanol–water partition coefficient (Wildman–Crippen LogP) is 1.35. The van der Waals surface area contributed by atoms with E-state index in [4.69, 9.17) is 14.4 Å². The summed E-state index contributed by atoms with van der Waals surface area (Å²) in [5.74, 6) is 0.0133. The summed E-state index contributed by atoms with van der Waals surface area (Å²) < 4.78 is 10.1. The van der Waals surface area contributed by atoms with Crippen molar-refractivity contribution in [2.24, 2.45) is 0 Å². The molecule has 0 radical (unpaired) electrons. The van der Waals surface area contributed by atoms with Crippen molar-refractivity contribution in [2.75, 3.05) is 25.2 Å². The number of benzene rings is 1. The normalized spacial score (nSPS) is 10.5. The van der Waals surface area contributed by atoms with Crippen molar-refractivity contribution in [1.82, 2.24) is 10.1 Å². The number of carbonyl (C=O) groups is 1. The molecule has 1 aromatic carbocycles. The molecular weight excluding hydrogens is 274 g/mol. The summed E-state index contributed by atoms with van der Waals surface area (Å²) in [6.45, 7) is 0.618. The van der Waals surface area contributed by atoms with Crippen LogP contribution in [-0.4, -0.2) is 41.5 Å². The number of ether oxygens (including phenoxy) is 1. The van der Waals surface area contributed by atoms with Gasteiger partial charge in [-0.1, -0.05) is 23.4 Å². The van der Waals surface area contributed by atoms with Crippen molar-refractivity contribution >= 4 is 11.7 Å². The molecule has 0 spiro atoms. The largest absolute Gasteiger partial charge is 0.480 e. The zero-order valence-corrected chi connectivity index (χ0v) is 11.7.